The largest absolute Gasteiger partial charge is 0.481 e. The Labute approximate surface area is 124 Å². The average Bonchev–Trinajstić information content (AvgIpc) is 2.69. The number of likely N-dealkylation sites (tertiary alicyclic amines) is 1. The monoisotopic (exact) mass is 345 g/mol. The second kappa shape index (κ2) is 5.63. The van der Waals surface area contributed by atoms with Crippen LogP contribution in [0.3, 0.4) is 0 Å². The molecule has 0 bridgehead atoms. The second-order valence-corrected chi connectivity index (χ2v) is 6.65. The number of hydrogen-bond acceptors (Lipinski definition) is 3. The van der Waals surface area contributed by atoms with E-state index in [0.29, 0.717) is 17.8 Å². The van der Waals surface area contributed by atoms with E-state index in [1.807, 2.05) is 19.2 Å². The van der Waals surface area contributed by atoms with E-state index in [1.54, 1.807) is 4.90 Å². The predicted octanol–water partition coefficient (Wildman–Crippen LogP) is 3.14. The van der Waals surface area contributed by atoms with Gasteiger partial charge in [-0.05, 0) is 53.6 Å². The quantitative estimate of drug-likeness (QED) is 0.895. The number of carbonyl (C=O) groups excluding carboxylic acids is 1. The first kappa shape index (κ1) is 14.5. The summed E-state index contributed by atoms with van der Waals surface area (Å²) < 4.78 is 0.826. The molecule has 2 atom stereocenters. The maximum atomic E-state index is 12.5. The Morgan fingerprint density at radius 3 is 2.68 bits per heavy atom. The summed E-state index contributed by atoms with van der Waals surface area (Å²) in [5, 5.41) is 11.0. The van der Waals surface area contributed by atoms with Gasteiger partial charge in [-0.2, -0.15) is 0 Å². The lowest BCUT2D eigenvalue weighted by molar-refractivity contribution is -0.143. The average molecular weight is 346 g/mol. The van der Waals surface area contributed by atoms with Crippen molar-refractivity contribution in [3.63, 3.8) is 0 Å². The number of aliphatic carboxylic acids is 1. The molecule has 4 nitrogen and oxygen atoms in total. The van der Waals surface area contributed by atoms with Gasteiger partial charge in [-0.25, -0.2) is 0 Å². The number of hydrogen-bond donors (Lipinski definition) is 1. The lowest BCUT2D eigenvalue weighted by Crippen LogP contribution is -2.47. The lowest BCUT2D eigenvalue weighted by Gasteiger charge is -2.36. The lowest BCUT2D eigenvalue weighted by atomic mass is 9.93. The first-order valence-electron chi connectivity index (χ1n) is 6.19. The number of carbonyl (C=O) groups is 2. The highest BCUT2D eigenvalue weighted by Gasteiger charge is 2.34. The molecule has 0 aromatic carbocycles. The predicted molar refractivity (Wildman–Crippen MR) is 77.6 cm³/mol. The third kappa shape index (κ3) is 2.84. The third-order valence-corrected chi connectivity index (χ3v) is 5.96. The molecule has 19 heavy (non-hydrogen) atoms. The van der Waals surface area contributed by atoms with Crippen molar-refractivity contribution >= 4 is 39.1 Å². The van der Waals surface area contributed by atoms with Gasteiger partial charge in [0, 0.05) is 17.1 Å². The van der Waals surface area contributed by atoms with E-state index in [1.165, 1.54) is 11.3 Å². The van der Waals surface area contributed by atoms with E-state index in [-0.39, 0.29) is 11.9 Å². The molecule has 2 unspecified atom stereocenters. The van der Waals surface area contributed by atoms with Gasteiger partial charge in [0.2, 0.25) is 0 Å². The smallest absolute Gasteiger partial charge is 0.308 e. The summed E-state index contributed by atoms with van der Waals surface area (Å²) in [6.45, 7) is 4.22. The van der Waals surface area contributed by atoms with E-state index in [9.17, 15) is 9.59 Å². The molecule has 1 aliphatic heterocycles. The maximum Gasteiger partial charge on any atom is 0.308 e. The van der Waals surface area contributed by atoms with Crippen molar-refractivity contribution in [2.75, 3.05) is 6.54 Å². The molecule has 1 aromatic rings. The number of nitrogens with zero attached hydrogens (tertiary/aromatic N) is 1. The number of rotatable bonds is 2. The van der Waals surface area contributed by atoms with Crippen molar-refractivity contribution < 1.29 is 14.7 Å². The highest BCUT2D eigenvalue weighted by atomic mass is 79.9. The standard InChI is InChI=1S/C13H16BrNO3S/c1-7-6-19-11(10(7)14)12(16)15-5-9(13(17)18)4-3-8(15)2/h6,8-9H,3-5H2,1-2H3,(H,17,18). The van der Waals surface area contributed by atoms with Crippen LogP contribution in [0.1, 0.15) is 35.0 Å². The van der Waals surface area contributed by atoms with Crippen LogP contribution in [-0.2, 0) is 4.79 Å². The zero-order valence-electron chi connectivity index (χ0n) is 10.9. The van der Waals surface area contributed by atoms with Crippen LogP contribution < -0.4 is 0 Å². The first-order chi connectivity index (χ1) is 8.91. The van der Waals surface area contributed by atoms with E-state index in [4.69, 9.17) is 5.11 Å². The Kier molecular flexibility index (Phi) is 4.30. The number of carboxylic acid groups (broad SMARTS) is 1. The molecular formula is C13H16BrNO3S. The number of halogens is 1. The number of carboxylic acids is 1. The van der Waals surface area contributed by atoms with Gasteiger partial charge in [-0.1, -0.05) is 0 Å². The van der Waals surface area contributed by atoms with Gasteiger partial charge in [0.15, 0.2) is 0 Å². The SMILES string of the molecule is Cc1csc(C(=O)N2CC(C(=O)O)CCC2C)c1Br. The second-order valence-electron chi connectivity index (χ2n) is 4.98. The fourth-order valence-corrected chi connectivity index (χ4v) is 3.91. The van der Waals surface area contributed by atoms with E-state index in [0.717, 1.165) is 16.5 Å². The molecule has 0 aliphatic carbocycles. The van der Waals surface area contributed by atoms with Crippen LogP contribution in [0.25, 0.3) is 0 Å². The molecule has 2 rings (SSSR count). The highest BCUT2D eigenvalue weighted by Crippen LogP contribution is 2.31. The minimum Gasteiger partial charge on any atom is -0.481 e. The number of amides is 1. The van der Waals surface area contributed by atoms with Crippen molar-refractivity contribution in [1.82, 2.24) is 4.90 Å². The summed E-state index contributed by atoms with van der Waals surface area (Å²) in [4.78, 5) is 26.0. The van der Waals surface area contributed by atoms with Gasteiger partial charge in [-0.15, -0.1) is 11.3 Å². The summed E-state index contributed by atoms with van der Waals surface area (Å²) in [7, 11) is 0. The summed E-state index contributed by atoms with van der Waals surface area (Å²) in [5.74, 6) is -1.32. The number of piperidine rings is 1. The molecule has 1 saturated heterocycles. The molecule has 1 fully saturated rings. The Bertz CT molecular complexity index is 514. The minimum absolute atomic E-state index is 0.0663. The Morgan fingerprint density at radius 1 is 1.47 bits per heavy atom. The Hall–Kier alpha value is -0.880. The van der Waals surface area contributed by atoms with E-state index >= 15 is 0 Å². The van der Waals surface area contributed by atoms with Crippen molar-refractivity contribution in [3.8, 4) is 0 Å². The molecule has 0 spiro atoms. The van der Waals surface area contributed by atoms with Crippen molar-refractivity contribution in [2.24, 2.45) is 5.92 Å². The molecule has 1 N–H and O–H groups in total. The van der Waals surface area contributed by atoms with Crippen LogP contribution in [0, 0.1) is 12.8 Å². The van der Waals surface area contributed by atoms with Crippen LogP contribution >= 0.6 is 27.3 Å². The topological polar surface area (TPSA) is 57.6 Å². The van der Waals surface area contributed by atoms with Gasteiger partial charge in [-0.3, -0.25) is 9.59 Å². The number of aryl methyl sites for hydroxylation is 1. The van der Waals surface area contributed by atoms with Gasteiger partial charge in [0.1, 0.15) is 4.88 Å². The van der Waals surface area contributed by atoms with Gasteiger partial charge in [0.05, 0.1) is 5.92 Å². The van der Waals surface area contributed by atoms with Crippen LogP contribution in [-0.4, -0.2) is 34.5 Å². The van der Waals surface area contributed by atoms with Crippen molar-refractivity contribution in [3.05, 3.63) is 20.3 Å². The summed E-state index contributed by atoms with van der Waals surface area (Å²) in [5.41, 5.74) is 1.03. The zero-order chi connectivity index (χ0) is 14.2. The minimum atomic E-state index is -0.814. The highest BCUT2D eigenvalue weighted by molar-refractivity contribution is 9.10. The molecule has 2 heterocycles. The molecule has 1 amide bonds. The van der Waals surface area contributed by atoms with Gasteiger partial charge < -0.3 is 10.0 Å². The van der Waals surface area contributed by atoms with Crippen LogP contribution in [0.4, 0.5) is 0 Å². The first-order valence-corrected chi connectivity index (χ1v) is 7.86. The fourth-order valence-electron chi connectivity index (χ4n) is 2.30. The Balaban J connectivity index is 2.21. The van der Waals surface area contributed by atoms with E-state index < -0.39 is 11.9 Å². The molecule has 6 heteroatoms. The molecule has 1 aliphatic rings. The van der Waals surface area contributed by atoms with Crippen LogP contribution in [0.2, 0.25) is 0 Å². The van der Waals surface area contributed by atoms with Crippen molar-refractivity contribution in [2.45, 2.75) is 32.7 Å². The van der Waals surface area contributed by atoms with E-state index in [2.05, 4.69) is 15.9 Å². The maximum absolute atomic E-state index is 12.5. The third-order valence-electron chi connectivity index (χ3n) is 3.59. The van der Waals surface area contributed by atoms with Crippen LogP contribution in [0.15, 0.2) is 9.85 Å². The van der Waals surface area contributed by atoms with Gasteiger partial charge in [0.25, 0.3) is 5.91 Å². The molecule has 1 aromatic heterocycles. The molecule has 104 valence electrons. The summed E-state index contributed by atoms with van der Waals surface area (Å²) in [6.07, 6.45) is 1.38. The Morgan fingerprint density at radius 2 is 2.16 bits per heavy atom. The molecule has 0 saturated carbocycles. The normalized spacial score (nSPS) is 23.4. The molecular weight excluding hydrogens is 330 g/mol. The number of thiophene rings is 1. The van der Waals surface area contributed by atoms with Crippen LogP contribution in [0.5, 0.6) is 0 Å². The zero-order valence-corrected chi connectivity index (χ0v) is 13.3. The summed E-state index contributed by atoms with van der Waals surface area (Å²) >= 11 is 4.83. The van der Waals surface area contributed by atoms with Gasteiger partial charge >= 0.3 is 5.97 Å². The fraction of sp³-hybridized carbons (Fsp3) is 0.538. The molecule has 0 radical (unpaired) electrons. The van der Waals surface area contributed by atoms with Crippen molar-refractivity contribution in [1.29, 1.82) is 0 Å². The summed E-state index contributed by atoms with van der Waals surface area (Å²) in [6, 6.07) is 0.0948.